The zero-order valence-electron chi connectivity index (χ0n) is 10.5. The summed E-state index contributed by atoms with van der Waals surface area (Å²) < 4.78 is 82.7. The lowest BCUT2D eigenvalue weighted by molar-refractivity contribution is -0.147. The number of carbonyl (C=O) groups is 2. The number of esters is 1. The van der Waals surface area contributed by atoms with Crippen molar-refractivity contribution in [2.24, 2.45) is 0 Å². The highest BCUT2D eigenvalue weighted by atomic mass is 19.2. The van der Waals surface area contributed by atoms with E-state index in [4.69, 9.17) is 0 Å². The molecule has 1 rings (SSSR count). The summed E-state index contributed by atoms with van der Waals surface area (Å²) in [5.74, 6) is -16.3. The molecule has 1 unspecified atom stereocenters. The van der Waals surface area contributed by atoms with Gasteiger partial charge in [0.2, 0.25) is 11.6 Å². The number of hydrogen-bond acceptors (Lipinski definition) is 3. The minimum Gasteiger partial charge on any atom is -0.463 e. The minimum atomic E-state index is -3.19. The Kier molecular flexibility index (Phi) is 5.34. The number of benzene rings is 1. The molecular formula is C12H8F6O3. The molecule has 9 heteroatoms. The molecule has 0 bridgehead atoms. The van der Waals surface area contributed by atoms with E-state index >= 15 is 0 Å². The fourth-order valence-electron chi connectivity index (χ4n) is 1.33. The molecule has 116 valence electrons. The lowest BCUT2D eigenvalue weighted by Crippen LogP contribution is -2.30. The molecule has 0 aromatic heterocycles. The maximum absolute atomic E-state index is 13.4. The van der Waals surface area contributed by atoms with E-state index in [1.165, 1.54) is 0 Å². The summed E-state index contributed by atoms with van der Waals surface area (Å²) in [6.07, 6.45) is -2.92. The zero-order valence-corrected chi connectivity index (χ0v) is 10.5. The third kappa shape index (κ3) is 3.17. The van der Waals surface area contributed by atoms with Gasteiger partial charge in [0, 0.05) is 0 Å². The second-order valence-corrected chi connectivity index (χ2v) is 3.84. The predicted octanol–water partition coefficient (Wildman–Crippen LogP) is 2.86. The standard InChI is InChI=1S/C12H8F6O3/c1-2-3-21-12(20)10(18)11(19)4-5(13)7(15)9(17)8(16)6(4)14/h10H,2-3H2,1H3. The van der Waals surface area contributed by atoms with Gasteiger partial charge in [-0.15, -0.1) is 0 Å². The number of ketones is 1. The number of carbonyl (C=O) groups excluding carboxylic acids is 2. The van der Waals surface area contributed by atoms with Gasteiger partial charge >= 0.3 is 5.97 Å². The maximum atomic E-state index is 13.4. The highest BCUT2D eigenvalue weighted by Gasteiger charge is 2.37. The van der Waals surface area contributed by atoms with Crippen molar-refractivity contribution in [3.05, 3.63) is 34.6 Å². The van der Waals surface area contributed by atoms with Crippen LogP contribution in [0.2, 0.25) is 0 Å². The molecule has 0 fully saturated rings. The third-order valence-electron chi connectivity index (χ3n) is 2.34. The monoisotopic (exact) mass is 314 g/mol. The maximum Gasteiger partial charge on any atom is 0.349 e. The highest BCUT2D eigenvalue weighted by molar-refractivity contribution is 6.11. The van der Waals surface area contributed by atoms with E-state index in [2.05, 4.69) is 4.74 Å². The summed E-state index contributed by atoms with van der Waals surface area (Å²) in [4.78, 5) is 22.4. The van der Waals surface area contributed by atoms with Gasteiger partial charge in [0.05, 0.1) is 12.2 Å². The van der Waals surface area contributed by atoms with Gasteiger partial charge in [-0.2, -0.15) is 0 Å². The average Bonchev–Trinajstić information content (AvgIpc) is 2.47. The first-order chi connectivity index (χ1) is 9.73. The predicted molar refractivity (Wildman–Crippen MR) is 56.7 cm³/mol. The molecule has 0 aliphatic rings. The van der Waals surface area contributed by atoms with Crippen LogP contribution >= 0.6 is 0 Å². The molecular weight excluding hydrogens is 306 g/mol. The van der Waals surface area contributed by atoms with Crippen LogP contribution in [0.15, 0.2) is 0 Å². The Morgan fingerprint density at radius 1 is 0.952 bits per heavy atom. The smallest absolute Gasteiger partial charge is 0.349 e. The van der Waals surface area contributed by atoms with Crippen LogP contribution in [0.5, 0.6) is 0 Å². The quantitative estimate of drug-likeness (QED) is 0.210. The first kappa shape index (κ1) is 17.0. The highest BCUT2D eigenvalue weighted by Crippen LogP contribution is 2.24. The fourth-order valence-corrected chi connectivity index (χ4v) is 1.33. The average molecular weight is 314 g/mol. The summed E-state index contributed by atoms with van der Waals surface area (Å²) in [7, 11) is 0. The van der Waals surface area contributed by atoms with Crippen LogP contribution in [0, 0.1) is 29.1 Å². The Labute approximate surface area is 114 Å². The van der Waals surface area contributed by atoms with Crippen LogP contribution in [0.1, 0.15) is 23.7 Å². The van der Waals surface area contributed by atoms with Crippen molar-refractivity contribution < 1.29 is 40.7 Å². The van der Waals surface area contributed by atoms with E-state index in [0.717, 1.165) is 0 Å². The molecule has 0 radical (unpaired) electrons. The van der Waals surface area contributed by atoms with Gasteiger partial charge in [0.15, 0.2) is 23.3 Å². The Morgan fingerprint density at radius 2 is 1.38 bits per heavy atom. The van der Waals surface area contributed by atoms with Crippen molar-refractivity contribution in [1.82, 2.24) is 0 Å². The molecule has 0 heterocycles. The zero-order chi connectivity index (χ0) is 16.3. The number of ether oxygens (including phenoxy) is 1. The number of rotatable bonds is 5. The molecule has 0 aliphatic carbocycles. The van der Waals surface area contributed by atoms with Crippen LogP contribution in [0.4, 0.5) is 26.3 Å². The van der Waals surface area contributed by atoms with E-state index in [9.17, 15) is 35.9 Å². The number of Topliss-reactive ketones (excluding diaryl/α,β-unsaturated/α-hetero) is 1. The second kappa shape index (κ2) is 6.59. The normalized spacial score (nSPS) is 12.1. The Balaban J connectivity index is 3.22. The van der Waals surface area contributed by atoms with Gasteiger partial charge in [0.25, 0.3) is 6.17 Å². The molecule has 3 nitrogen and oxygen atoms in total. The van der Waals surface area contributed by atoms with Crippen LogP contribution < -0.4 is 0 Å². The van der Waals surface area contributed by atoms with E-state index in [1.54, 1.807) is 6.92 Å². The SMILES string of the molecule is CCCOC(=O)C(F)C(=O)c1c(F)c(F)c(F)c(F)c1F. The van der Waals surface area contributed by atoms with Crippen molar-refractivity contribution >= 4 is 11.8 Å². The Hall–Kier alpha value is -2.06. The van der Waals surface area contributed by atoms with E-state index < -0.39 is 52.6 Å². The van der Waals surface area contributed by atoms with Crippen LogP contribution in [0.3, 0.4) is 0 Å². The second-order valence-electron chi connectivity index (χ2n) is 3.84. The topological polar surface area (TPSA) is 43.4 Å². The molecule has 0 aliphatic heterocycles. The first-order valence-corrected chi connectivity index (χ1v) is 5.60. The Morgan fingerprint density at radius 3 is 1.81 bits per heavy atom. The van der Waals surface area contributed by atoms with Crippen LogP contribution in [0.25, 0.3) is 0 Å². The summed E-state index contributed by atoms with van der Waals surface area (Å²) in [6, 6.07) is 0. The number of hydrogen-bond donors (Lipinski definition) is 0. The van der Waals surface area contributed by atoms with Crippen LogP contribution in [-0.4, -0.2) is 24.5 Å². The number of halogens is 6. The Bertz CT molecular complexity index is 558. The molecule has 1 aromatic carbocycles. The van der Waals surface area contributed by atoms with E-state index in [-0.39, 0.29) is 13.0 Å². The molecule has 1 aromatic rings. The molecule has 21 heavy (non-hydrogen) atoms. The summed E-state index contributed by atoms with van der Waals surface area (Å²) >= 11 is 0. The van der Waals surface area contributed by atoms with Gasteiger partial charge in [-0.1, -0.05) is 6.92 Å². The summed E-state index contributed by atoms with van der Waals surface area (Å²) in [5.41, 5.74) is -2.02. The summed E-state index contributed by atoms with van der Waals surface area (Å²) in [5, 5.41) is 0. The van der Waals surface area contributed by atoms with E-state index in [1.807, 2.05) is 0 Å². The van der Waals surface area contributed by atoms with Crippen molar-refractivity contribution in [3.8, 4) is 0 Å². The summed E-state index contributed by atoms with van der Waals surface area (Å²) in [6.45, 7) is 1.27. The molecule has 0 saturated carbocycles. The molecule has 0 amide bonds. The van der Waals surface area contributed by atoms with Gasteiger partial charge in [-0.3, -0.25) is 4.79 Å². The third-order valence-corrected chi connectivity index (χ3v) is 2.34. The van der Waals surface area contributed by atoms with Crippen LogP contribution in [-0.2, 0) is 9.53 Å². The molecule has 0 spiro atoms. The van der Waals surface area contributed by atoms with Gasteiger partial charge in [-0.05, 0) is 6.42 Å². The lowest BCUT2D eigenvalue weighted by atomic mass is 10.0. The minimum absolute atomic E-state index is 0.273. The number of alkyl halides is 1. The largest absolute Gasteiger partial charge is 0.463 e. The molecule has 0 saturated heterocycles. The molecule has 0 N–H and O–H groups in total. The van der Waals surface area contributed by atoms with Crippen molar-refractivity contribution in [2.75, 3.05) is 6.61 Å². The fraction of sp³-hybridized carbons (Fsp3) is 0.333. The van der Waals surface area contributed by atoms with Gasteiger partial charge < -0.3 is 4.74 Å². The van der Waals surface area contributed by atoms with Gasteiger partial charge in [0.1, 0.15) is 0 Å². The van der Waals surface area contributed by atoms with E-state index in [0.29, 0.717) is 0 Å². The molecule has 1 atom stereocenters. The lowest BCUT2D eigenvalue weighted by Gasteiger charge is -2.10. The first-order valence-electron chi connectivity index (χ1n) is 5.60. The van der Waals surface area contributed by atoms with Gasteiger partial charge in [-0.25, -0.2) is 31.1 Å². The van der Waals surface area contributed by atoms with Crippen molar-refractivity contribution in [3.63, 3.8) is 0 Å². The van der Waals surface area contributed by atoms with Crippen molar-refractivity contribution in [2.45, 2.75) is 19.5 Å². The van der Waals surface area contributed by atoms with Crippen molar-refractivity contribution in [1.29, 1.82) is 0 Å².